The van der Waals surface area contributed by atoms with Gasteiger partial charge in [0, 0.05) is 31.9 Å². The maximum atomic E-state index is 12.7. The van der Waals surface area contributed by atoms with E-state index in [9.17, 15) is 18.0 Å². The van der Waals surface area contributed by atoms with Crippen molar-refractivity contribution in [1.29, 1.82) is 0 Å². The predicted octanol–water partition coefficient (Wildman–Crippen LogP) is 1.17. The average Bonchev–Trinajstić information content (AvgIpc) is 3.19. The number of hydrogen-bond donors (Lipinski definition) is 1. The van der Waals surface area contributed by atoms with Gasteiger partial charge in [0.1, 0.15) is 16.4 Å². The van der Waals surface area contributed by atoms with E-state index in [2.05, 4.69) is 9.88 Å². The average molecular weight is 393 g/mol. The molecule has 1 N–H and O–H groups in total. The minimum absolute atomic E-state index is 0.100. The van der Waals surface area contributed by atoms with Crippen LogP contribution in [0.15, 0.2) is 33.7 Å². The van der Waals surface area contributed by atoms with Gasteiger partial charge in [0.15, 0.2) is 0 Å². The number of amides is 2. The number of aryl methyl sites for hydroxylation is 1. The zero-order valence-electron chi connectivity index (χ0n) is 14.9. The lowest BCUT2D eigenvalue weighted by Gasteiger charge is -2.17. The summed E-state index contributed by atoms with van der Waals surface area (Å²) in [5.41, 5.74) is 0.833. The molecule has 1 aliphatic heterocycles. The van der Waals surface area contributed by atoms with Crippen molar-refractivity contribution in [2.45, 2.75) is 31.1 Å². The SMILES string of the molecule is COc1ccc(N2C(=O)CCC2=O)cc1S(=O)(=O)NCCc1cc(C)on1. The van der Waals surface area contributed by atoms with E-state index >= 15 is 0 Å². The van der Waals surface area contributed by atoms with E-state index in [0.717, 1.165) is 4.90 Å². The van der Waals surface area contributed by atoms with Gasteiger partial charge in [-0.3, -0.25) is 14.5 Å². The lowest BCUT2D eigenvalue weighted by atomic mass is 10.2. The van der Waals surface area contributed by atoms with Gasteiger partial charge < -0.3 is 9.26 Å². The maximum Gasteiger partial charge on any atom is 0.244 e. The number of anilines is 1. The number of sulfonamides is 1. The van der Waals surface area contributed by atoms with Crippen molar-refractivity contribution in [2.75, 3.05) is 18.6 Å². The summed E-state index contributed by atoms with van der Waals surface area (Å²) >= 11 is 0. The molecule has 1 fully saturated rings. The van der Waals surface area contributed by atoms with Crippen LogP contribution in [0.3, 0.4) is 0 Å². The van der Waals surface area contributed by atoms with Crippen LogP contribution in [0.25, 0.3) is 0 Å². The monoisotopic (exact) mass is 393 g/mol. The highest BCUT2D eigenvalue weighted by molar-refractivity contribution is 7.89. The third-order valence-corrected chi connectivity index (χ3v) is 5.58. The fourth-order valence-electron chi connectivity index (χ4n) is 2.81. The third kappa shape index (κ3) is 4.01. The lowest BCUT2D eigenvalue weighted by molar-refractivity contribution is -0.121. The van der Waals surface area contributed by atoms with E-state index in [1.807, 2.05) is 0 Å². The van der Waals surface area contributed by atoms with Crippen molar-refractivity contribution >= 4 is 27.5 Å². The number of hydrogen-bond acceptors (Lipinski definition) is 7. The Morgan fingerprint density at radius 1 is 1.22 bits per heavy atom. The zero-order valence-corrected chi connectivity index (χ0v) is 15.7. The van der Waals surface area contributed by atoms with Crippen LogP contribution in [0.5, 0.6) is 5.75 Å². The molecule has 2 aromatic rings. The number of ether oxygens (including phenoxy) is 1. The molecule has 0 radical (unpaired) electrons. The second kappa shape index (κ2) is 7.49. The molecule has 1 aliphatic rings. The summed E-state index contributed by atoms with van der Waals surface area (Å²) in [4.78, 5) is 24.7. The highest BCUT2D eigenvalue weighted by atomic mass is 32.2. The van der Waals surface area contributed by atoms with Gasteiger partial charge in [-0.05, 0) is 25.1 Å². The Bertz CT molecular complexity index is 966. The molecule has 0 atom stereocenters. The minimum atomic E-state index is -3.94. The first-order valence-corrected chi connectivity index (χ1v) is 9.76. The molecular weight excluding hydrogens is 374 g/mol. The number of carbonyl (C=O) groups excluding carboxylic acids is 2. The summed E-state index contributed by atoms with van der Waals surface area (Å²) in [5.74, 6) is 0.0375. The first kappa shape index (κ1) is 19.1. The molecule has 27 heavy (non-hydrogen) atoms. The number of imide groups is 1. The Balaban J connectivity index is 1.83. The third-order valence-electron chi connectivity index (χ3n) is 4.10. The van der Waals surface area contributed by atoms with Crippen LogP contribution >= 0.6 is 0 Å². The number of aromatic nitrogens is 1. The lowest BCUT2D eigenvalue weighted by Crippen LogP contribution is -2.30. The van der Waals surface area contributed by atoms with Gasteiger partial charge >= 0.3 is 0 Å². The van der Waals surface area contributed by atoms with Gasteiger partial charge in [0.05, 0.1) is 18.5 Å². The number of nitrogens with one attached hydrogen (secondary N) is 1. The van der Waals surface area contributed by atoms with Gasteiger partial charge in [-0.1, -0.05) is 5.16 Å². The van der Waals surface area contributed by atoms with Crippen LogP contribution in [0.2, 0.25) is 0 Å². The predicted molar refractivity (Wildman–Crippen MR) is 94.9 cm³/mol. The Kier molecular flexibility index (Phi) is 5.29. The fourth-order valence-corrected chi connectivity index (χ4v) is 4.02. The van der Waals surface area contributed by atoms with E-state index < -0.39 is 10.0 Å². The Morgan fingerprint density at radius 2 is 1.93 bits per heavy atom. The van der Waals surface area contributed by atoms with Gasteiger partial charge in [-0.15, -0.1) is 0 Å². The standard InChI is InChI=1S/C17H19N3O6S/c1-11-9-12(19-26-11)7-8-18-27(23,24)15-10-13(3-4-14(15)25-2)20-16(21)5-6-17(20)22/h3-4,9-10,18H,5-8H2,1-2H3. The Hall–Kier alpha value is -2.72. The van der Waals surface area contributed by atoms with Gasteiger partial charge in [0.2, 0.25) is 21.8 Å². The summed E-state index contributed by atoms with van der Waals surface area (Å²) in [7, 11) is -2.59. The summed E-state index contributed by atoms with van der Waals surface area (Å²) in [5, 5.41) is 3.81. The molecule has 3 rings (SSSR count). The molecule has 10 heteroatoms. The van der Waals surface area contributed by atoms with E-state index in [4.69, 9.17) is 9.26 Å². The molecule has 0 unspecified atom stereocenters. The second-order valence-electron chi connectivity index (χ2n) is 6.03. The molecule has 0 aliphatic carbocycles. The van der Waals surface area contributed by atoms with Gasteiger partial charge in [0.25, 0.3) is 0 Å². The van der Waals surface area contributed by atoms with Gasteiger partial charge in [-0.25, -0.2) is 13.1 Å². The molecule has 1 saturated heterocycles. The fraction of sp³-hybridized carbons (Fsp3) is 0.353. The first-order chi connectivity index (χ1) is 12.8. The molecule has 2 amide bonds. The maximum absolute atomic E-state index is 12.7. The molecule has 9 nitrogen and oxygen atoms in total. The summed E-state index contributed by atoms with van der Waals surface area (Å²) in [6, 6.07) is 5.89. The number of rotatable bonds is 7. The van der Waals surface area contributed by atoms with Crippen molar-refractivity contribution < 1.29 is 27.3 Å². The second-order valence-corrected chi connectivity index (χ2v) is 7.77. The van der Waals surface area contributed by atoms with Crippen molar-refractivity contribution in [3.05, 3.63) is 35.7 Å². The quantitative estimate of drug-likeness (QED) is 0.701. The van der Waals surface area contributed by atoms with Crippen molar-refractivity contribution in [3.63, 3.8) is 0 Å². The number of benzene rings is 1. The summed E-state index contributed by atoms with van der Waals surface area (Å²) in [6.07, 6.45) is 0.576. The molecule has 144 valence electrons. The van der Waals surface area contributed by atoms with Crippen LogP contribution in [0.4, 0.5) is 5.69 Å². The van der Waals surface area contributed by atoms with Crippen LogP contribution < -0.4 is 14.4 Å². The number of carbonyl (C=O) groups is 2. The molecule has 0 bridgehead atoms. The van der Waals surface area contributed by atoms with Crippen molar-refractivity contribution in [2.24, 2.45) is 0 Å². The number of methoxy groups -OCH3 is 1. The van der Waals surface area contributed by atoms with Crippen molar-refractivity contribution in [3.8, 4) is 5.75 Å². The van der Waals surface area contributed by atoms with Crippen LogP contribution in [-0.2, 0) is 26.0 Å². The molecule has 0 spiro atoms. The van der Waals surface area contributed by atoms with Crippen LogP contribution in [0.1, 0.15) is 24.3 Å². The van der Waals surface area contributed by atoms with E-state index in [1.165, 1.54) is 25.3 Å². The van der Waals surface area contributed by atoms with Gasteiger partial charge in [-0.2, -0.15) is 0 Å². The Labute approximate surface area is 156 Å². The van der Waals surface area contributed by atoms with E-state index in [-0.39, 0.29) is 47.5 Å². The zero-order chi connectivity index (χ0) is 19.6. The van der Waals surface area contributed by atoms with Crippen LogP contribution in [-0.4, -0.2) is 39.0 Å². The number of nitrogens with zero attached hydrogens (tertiary/aromatic N) is 2. The van der Waals surface area contributed by atoms with E-state index in [0.29, 0.717) is 17.9 Å². The highest BCUT2D eigenvalue weighted by Crippen LogP contribution is 2.31. The molecule has 0 saturated carbocycles. The normalized spacial score (nSPS) is 14.8. The molecule has 1 aromatic heterocycles. The molecule has 1 aromatic carbocycles. The topological polar surface area (TPSA) is 119 Å². The Morgan fingerprint density at radius 3 is 2.52 bits per heavy atom. The minimum Gasteiger partial charge on any atom is -0.495 e. The van der Waals surface area contributed by atoms with Crippen molar-refractivity contribution in [1.82, 2.24) is 9.88 Å². The van der Waals surface area contributed by atoms with Crippen LogP contribution in [0, 0.1) is 6.92 Å². The van der Waals surface area contributed by atoms with E-state index in [1.54, 1.807) is 13.0 Å². The largest absolute Gasteiger partial charge is 0.495 e. The molecular formula is C17H19N3O6S. The highest BCUT2D eigenvalue weighted by Gasteiger charge is 2.32. The molecule has 2 heterocycles. The summed E-state index contributed by atoms with van der Waals surface area (Å²) in [6.45, 7) is 1.85. The first-order valence-electron chi connectivity index (χ1n) is 8.27. The summed E-state index contributed by atoms with van der Waals surface area (Å²) < 4.78 is 38.0. The smallest absolute Gasteiger partial charge is 0.244 e.